The average molecular weight is 361 g/mol. The van der Waals surface area contributed by atoms with E-state index in [1.807, 2.05) is 0 Å². The molecule has 0 N–H and O–H groups in total. The Morgan fingerprint density at radius 3 is 2.32 bits per heavy atom. The maximum Gasteiger partial charge on any atom is 0.241 e. The van der Waals surface area contributed by atoms with Gasteiger partial charge in [0, 0.05) is 7.05 Å². The number of Topliss-reactive ketones (excluding diaryl/α,β-unsaturated/α-hetero) is 1. The summed E-state index contributed by atoms with van der Waals surface area (Å²) in [6, 6.07) is 11.5. The topological polar surface area (TPSA) is 71.5 Å². The predicted molar refractivity (Wildman–Crippen MR) is 90.7 cm³/mol. The fourth-order valence-corrected chi connectivity index (χ4v) is 4.84. The number of hydrogen-bond acceptors (Lipinski definition) is 4. The van der Waals surface area contributed by atoms with Crippen LogP contribution in [0.25, 0.3) is 0 Å². The third kappa shape index (κ3) is 2.64. The zero-order chi connectivity index (χ0) is 18.4. The lowest BCUT2D eigenvalue weighted by Gasteiger charge is -2.37. The maximum atomic E-state index is 14.2. The quantitative estimate of drug-likeness (QED) is 0.788. The van der Waals surface area contributed by atoms with E-state index in [9.17, 15) is 22.4 Å². The van der Waals surface area contributed by atoms with Gasteiger partial charge in [-0.05, 0) is 31.2 Å². The van der Waals surface area contributed by atoms with E-state index in [4.69, 9.17) is 0 Å². The zero-order valence-electron chi connectivity index (χ0n) is 13.7. The number of ketones is 1. The molecule has 25 heavy (non-hydrogen) atoms. The fraction of sp³-hybridized carbons (Fsp3) is 0.222. The molecule has 0 saturated heterocycles. The normalized spacial score (nSPS) is 20.5. The number of amides is 1. The van der Waals surface area contributed by atoms with Crippen LogP contribution in [0.1, 0.15) is 17.3 Å². The minimum absolute atomic E-state index is 0.0128. The van der Waals surface area contributed by atoms with Crippen molar-refractivity contribution < 1.29 is 22.4 Å². The molecular formula is C18H16FNO4S. The van der Waals surface area contributed by atoms with Crippen LogP contribution in [0, 0.1) is 11.2 Å². The van der Waals surface area contributed by atoms with Crippen molar-refractivity contribution in [3.8, 4) is 0 Å². The first-order valence-corrected chi connectivity index (χ1v) is 9.23. The summed E-state index contributed by atoms with van der Waals surface area (Å²) in [5.74, 6) is -2.98. The molecule has 1 aliphatic rings. The molecule has 1 unspecified atom stereocenters. The molecule has 1 atom stereocenters. The Morgan fingerprint density at radius 2 is 1.68 bits per heavy atom. The van der Waals surface area contributed by atoms with Gasteiger partial charge in [0.1, 0.15) is 11.2 Å². The number of nitrogens with zero attached hydrogens (tertiary/aromatic N) is 1. The van der Waals surface area contributed by atoms with Gasteiger partial charge in [0.05, 0.1) is 21.9 Å². The highest BCUT2D eigenvalue weighted by Crippen LogP contribution is 2.39. The molecule has 1 aliphatic heterocycles. The molecule has 0 spiro atoms. The number of rotatable bonds is 3. The van der Waals surface area contributed by atoms with Crippen LogP contribution in [0.4, 0.5) is 10.1 Å². The predicted octanol–water partition coefficient (Wildman–Crippen LogP) is 2.47. The highest BCUT2D eigenvalue weighted by Gasteiger charge is 2.52. The fourth-order valence-electron chi connectivity index (χ4n) is 3.09. The van der Waals surface area contributed by atoms with Crippen LogP contribution in [0.15, 0.2) is 53.4 Å². The van der Waals surface area contributed by atoms with Gasteiger partial charge in [0.25, 0.3) is 0 Å². The van der Waals surface area contributed by atoms with Gasteiger partial charge in [-0.15, -0.1) is 0 Å². The molecule has 3 rings (SSSR count). The van der Waals surface area contributed by atoms with Gasteiger partial charge < -0.3 is 4.90 Å². The number of fused-ring (bicyclic) bond motifs is 1. The number of sulfone groups is 1. The van der Waals surface area contributed by atoms with Gasteiger partial charge in [-0.3, -0.25) is 9.59 Å². The zero-order valence-corrected chi connectivity index (χ0v) is 14.5. The number of halogens is 1. The molecule has 130 valence electrons. The molecule has 0 bridgehead atoms. The summed E-state index contributed by atoms with van der Waals surface area (Å²) in [5.41, 5.74) is -2.00. The summed E-state index contributed by atoms with van der Waals surface area (Å²) in [6.45, 7) is 1.25. The van der Waals surface area contributed by atoms with E-state index < -0.39 is 38.5 Å². The van der Waals surface area contributed by atoms with E-state index in [2.05, 4.69) is 0 Å². The largest absolute Gasteiger partial charge is 0.314 e. The summed E-state index contributed by atoms with van der Waals surface area (Å²) >= 11 is 0. The molecular weight excluding hydrogens is 345 g/mol. The Hall–Kier alpha value is -2.54. The maximum absolute atomic E-state index is 14.2. The number of carbonyl (C=O) groups excluding carboxylic acids is 2. The Morgan fingerprint density at radius 1 is 1.04 bits per heavy atom. The summed E-state index contributed by atoms with van der Waals surface area (Å²) in [5, 5.41) is 0. The molecule has 7 heteroatoms. The summed E-state index contributed by atoms with van der Waals surface area (Å²) in [7, 11) is -2.51. The summed E-state index contributed by atoms with van der Waals surface area (Å²) in [4.78, 5) is 26.8. The number of benzene rings is 2. The van der Waals surface area contributed by atoms with E-state index in [1.165, 1.54) is 38.2 Å². The van der Waals surface area contributed by atoms with E-state index in [0.717, 1.165) is 11.0 Å². The lowest BCUT2D eigenvalue weighted by molar-refractivity contribution is -0.124. The average Bonchev–Trinajstić information content (AvgIpc) is 2.59. The highest BCUT2D eigenvalue weighted by atomic mass is 32.2. The van der Waals surface area contributed by atoms with Gasteiger partial charge in [-0.25, -0.2) is 12.8 Å². The molecule has 2 aromatic carbocycles. The first-order valence-electron chi connectivity index (χ1n) is 7.58. The van der Waals surface area contributed by atoms with Crippen molar-refractivity contribution in [1.82, 2.24) is 0 Å². The lowest BCUT2D eigenvalue weighted by atomic mass is 9.78. The van der Waals surface area contributed by atoms with Crippen LogP contribution < -0.4 is 4.90 Å². The van der Waals surface area contributed by atoms with E-state index in [1.54, 1.807) is 18.2 Å². The molecule has 0 radical (unpaired) electrons. The second-order valence-electron chi connectivity index (χ2n) is 6.23. The van der Waals surface area contributed by atoms with Crippen LogP contribution in [0.2, 0.25) is 0 Å². The van der Waals surface area contributed by atoms with Crippen LogP contribution in [-0.4, -0.2) is 32.9 Å². The third-order valence-corrected chi connectivity index (χ3v) is 6.39. The minimum atomic E-state index is -3.91. The van der Waals surface area contributed by atoms with E-state index in [0.29, 0.717) is 0 Å². The van der Waals surface area contributed by atoms with Crippen LogP contribution in [0.3, 0.4) is 0 Å². The monoisotopic (exact) mass is 361 g/mol. The minimum Gasteiger partial charge on any atom is -0.314 e. The highest BCUT2D eigenvalue weighted by molar-refractivity contribution is 7.91. The first kappa shape index (κ1) is 17.3. The Balaban J connectivity index is 2.11. The molecule has 1 heterocycles. The lowest BCUT2D eigenvalue weighted by Crippen LogP contribution is -2.53. The number of anilines is 1. The molecule has 5 nitrogen and oxygen atoms in total. The van der Waals surface area contributed by atoms with Crippen molar-refractivity contribution in [2.45, 2.75) is 11.8 Å². The van der Waals surface area contributed by atoms with Gasteiger partial charge in [-0.1, -0.05) is 24.3 Å². The van der Waals surface area contributed by atoms with Crippen LogP contribution in [-0.2, 0) is 14.6 Å². The molecule has 0 saturated carbocycles. The molecule has 1 amide bonds. The van der Waals surface area contributed by atoms with Crippen molar-refractivity contribution >= 4 is 27.2 Å². The van der Waals surface area contributed by atoms with Crippen molar-refractivity contribution in [1.29, 1.82) is 0 Å². The molecule has 0 fully saturated rings. The molecule has 2 aromatic rings. The van der Waals surface area contributed by atoms with Crippen molar-refractivity contribution in [2.75, 3.05) is 17.7 Å². The molecule has 0 aromatic heterocycles. The Kier molecular flexibility index (Phi) is 3.99. The van der Waals surface area contributed by atoms with Gasteiger partial charge in [-0.2, -0.15) is 0 Å². The number of carbonyl (C=O) groups is 2. The number of hydrogen-bond donors (Lipinski definition) is 0. The van der Waals surface area contributed by atoms with E-state index >= 15 is 0 Å². The smallest absolute Gasteiger partial charge is 0.241 e. The second-order valence-corrected chi connectivity index (χ2v) is 8.22. The SMILES string of the molecule is CN1C(=O)C(C)(CS(=O)(=O)c2ccccc2)C(=O)c2c(F)cccc21. The Bertz CT molecular complexity index is 972. The van der Waals surface area contributed by atoms with Crippen molar-refractivity contribution in [3.05, 3.63) is 59.9 Å². The van der Waals surface area contributed by atoms with Crippen LogP contribution in [0.5, 0.6) is 0 Å². The van der Waals surface area contributed by atoms with Gasteiger partial charge in [0.2, 0.25) is 5.91 Å². The summed E-state index contributed by atoms with van der Waals surface area (Å²) < 4.78 is 39.6. The second kappa shape index (κ2) is 5.77. The van der Waals surface area contributed by atoms with Gasteiger partial charge >= 0.3 is 0 Å². The van der Waals surface area contributed by atoms with Crippen molar-refractivity contribution in [2.24, 2.45) is 5.41 Å². The van der Waals surface area contributed by atoms with E-state index in [-0.39, 0.29) is 16.1 Å². The standard InChI is InChI=1S/C18H16FNO4S/c1-18(11-25(23,24)12-7-4-3-5-8-12)16(21)15-13(19)9-6-10-14(15)20(2)17(18)22/h3-10H,11H2,1-2H3. The Labute approximate surface area is 145 Å². The van der Waals surface area contributed by atoms with Gasteiger partial charge in [0.15, 0.2) is 15.6 Å². The first-order chi connectivity index (χ1) is 11.7. The van der Waals surface area contributed by atoms with Crippen molar-refractivity contribution in [3.63, 3.8) is 0 Å². The van der Waals surface area contributed by atoms with Crippen LogP contribution >= 0.6 is 0 Å². The summed E-state index contributed by atoms with van der Waals surface area (Å²) in [6.07, 6.45) is 0. The third-order valence-electron chi connectivity index (χ3n) is 4.44. The molecule has 0 aliphatic carbocycles.